The summed E-state index contributed by atoms with van der Waals surface area (Å²) in [6.07, 6.45) is -4.88. The summed E-state index contributed by atoms with van der Waals surface area (Å²) in [5.41, 5.74) is -0.208. The van der Waals surface area contributed by atoms with E-state index >= 15 is 0 Å². The molecule has 0 unspecified atom stereocenters. The van der Waals surface area contributed by atoms with Crippen molar-refractivity contribution in [1.82, 2.24) is 0 Å². The summed E-state index contributed by atoms with van der Waals surface area (Å²) in [5, 5.41) is 8.49. The van der Waals surface area contributed by atoms with Crippen LogP contribution in [-0.4, -0.2) is 12.0 Å². The molecule has 0 aliphatic rings. The van der Waals surface area contributed by atoms with Crippen molar-refractivity contribution < 1.29 is 18.0 Å². The lowest BCUT2D eigenvalue weighted by Crippen LogP contribution is -2.23. The summed E-state index contributed by atoms with van der Waals surface area (Å²) >= 11 is 1.59. The molecule has 0 bridgehead atoms. The molecule has 0 aliphatic carbocycles. The highest BCUT2D eigenvalue weighted by Crippen LogP contribution is 2.25. The minimum absolute atomic E-state index is 0.119. The van der Waals surface area contributed by atoms with Gasteiger partial charge >= 0.3 is 6.18 Å². The Labute approximate surface area is 96.8 Å². The quantitative estimate of drug-likeness (QED) is 0.588. The van der Waals surface area contributed by atoms with Crippen molar-refractivity contribution >= 4 is 28.4 Å². The molecule has 0 fully saturated rings. The molecule has 1 aromatic rings. The van der Waals surface area contributed by atoms with Crippen LogP contribution in [0.4, 0.5) is 13.2 Å². The predicted octanol–water partition coefficient (Wildman–Crippen LogP) is 2.91. The van der Waals surface area contributed by atoms with E-state index in [1.54, 1.807) is 28.7 Å². The van der Waals surface area contributed by atoms with Gasteiger partial charge in [0, 0.05) is 9.13 Å². The fraction of sp³-hybridized carbons (Fsp3) is 0.111. The summed E-state index contributed by atoms with van der Waals surface area (Å²) < 4.78 is 36.4. The van der Waals surface area contributed by atoms with Crippen LogP contribution in [0.5, 0.6) is 0 Å². The predicted molar refractivity (Wildman–Crippen MR) is 54.3 cm³/mol. The fourth-order valence-electron chi connectivity index (χ4n) is 0.921. The molecule has 0 radical (unpaired) electrons. The average Bonchev–Trinajstić information content (AvgIpc) is 2.15. The number of nitriles is 1. The summed E-state index contributed by atoms with van der Waals surface area (Å²) in [5.74, 6) is -1.89. The third-order valence-electron chi connectivity index (χ3n) is 1.60. The third-order valence-corrected chi connectivity index (χ3v) is 2.49. The van der Waals surface area contributed by atoms with Gasteiger partial charge in [-0.25, -0.2) is 0 Å². The average molecular weight is 325 g/mol. The van der Waals surface area contributed by atoms with Crippen LogP contribution in [0.25, 0.3) is 0 Å². The molecule has 1 rings (SSSR count). The van der Waals surface area contributed by atoms with Crippen LogP contribution in [0.2, 0.25) is 0 Å². The van der Waals surface area contributed by atoms with Crippen LogP contribution in [0.15, 0.2) is 18.2 Å². The molecule has 0 saturated heterocycles. The van der Waals surface area contributed by atoms with Crippen molar-refractivity contribution in [3.8, 4) is 6.07 Å². The maximum Gasteiger partial charge on any atom is 0.454 e. The standard InChI is InChI=1S/C9H3F3INO/c10-9(11,12)8(15)6-2-1-5(4-14)3-7(6)13/h1-3H. The zero-order valence-electron chi connectivity index (χ0n) is 7.10. The van der Waals surface area contributed by atoms with E-state index in [0.717, 1.165) is 6.07 Å². The van der Waals surface area contributed by atoms with E-state index in [2.05, 4.69) is 0 Å². The second kappa shape index (κ2) is 4.18. The topological polar surface area (TPSA) is 40.9 Å². The smallest absolute Gasteiger partial charge is 0.284 e. The lowest BCUT2D eigenvalue weighted by Gasteiger charge is -2.06. The number of carbonyl (C=O) groups is 1. The van der Waals surface area contributed by atoms with Crippen LogP contribution in [-0.2, 0) is 0 Å². The molecule has 0 spiro atoms. The van der Waals surface area contributed by atoms with Crippen molar-refractivity contribution in [2.45, 2.75) is 6.18 Å². The second-order valence-corrected chi connectivity index (χ2v) is 3.80. The van der Waals surface area contributed by atoms with Gasteiger partial charge in [0.15, 0.2) is 0 Å². The van der Waals surface area contributed by atoms with E-state index in [1.807, 2.05) is 0 Å². The van der Waals surface area contributed by atoms with Crippen LogP contribution in [0, 0.1) is 14.9 Å². The zero-order valence-corrected chi connectivity index (χ0v) is 9.26. The number of carbonyl (C=O) groups excluding carboxylic acids is 1. The maximum absolute atomic E-state index is 12.1. The summed E-state index contributed by atoms with van der Waals surface area (Å²) in [4.78, 5) is 10.9. The first kappa shape index (κ1) is 12.0. The Morgan fingerprint density at radius 3 is 2.40 bits per heavy atom. The first-order valence-electron chi connectivity index (χ1n) is 3.67. The van der Waals surface area contributed by atoms with Crippen molar-refractivity contribution in [2.75, 3.05) is 0 Å². The SMILES string of the molecule is N#Cc1ccc(C(=O)C(F)(F)F)c(I)c1. The number of hydrogen-bond donors (Lipinski definition) is 0. The molecule has 2 nitrogen and oxygen atoms in total. The highest BCUT2D eigenvalue weighted by molar-refractivity contribution is 14.1. The number of halogens is 4. The van der Waals surface area contributed by atoms with Gasteiger partial charge in [0.2, 0.25) is 0 Å². The van der Waals surface area contributed by atoms with E-state index in [0.29, 0.717) is 0 Å². The number of rotatable bonds is 1. The van der Waals surface area contributed by atoms with E-state index in [-0.39, 0.29) is 9.13 Å². The molecule has 1 aromatic carbocycles. The molecule has 15 heavy (non-hydrogen) atoms. The van der Waals surface area contributed by atoms with Gasteiger partial charge in [0.25, 0.3) is 5.78 Å². The van der Waals surface area contributed by atoms with Gasteiger partial charge in [-0.05, 0) is 40.8 Å². The number of ketones is 1. The number of hydrogen-bond acceptors (Lipinski definition) is 2. The molecule has 0 amide bonds. The second-order valence-electron chi connectivity index (χ2n) is 2.63. The molecule has 0 saturated carbocycles. The molecular weight excluding hydrogens is 322 g/mol. The van der Waals surface area contributed by atoms with Crippen LogP contribution >= 0.6 is 22.6 Å². The minimum Gasteiger partial charge on any atom is -0.284 e. The van der Waals surface area contributed by atoms with Gasteiger partial charge in [0.1, 0.15) is 0 Å². The molecular formula is C9H3F3INO. The minimum atomic E-state index is -4.88. The molecule has 0 atom stereocenters. The van der Waals surface area contributed by atoms with Crippen molar-refractivity contribution in [2.24, 2.45) is 0 Å². The highest BCUT2D eigenvalue weighted by atomic mass is 127. The molecule has 6 heteroatoms. The Bertz CT molecular complexity index is 448. The van der Waals surface area contributed by atoms with Gasteiger partial charge in [-0.1, -0.05) is 0 Å². The van der Waals surface area contributed by atoms with Crippen molar-refractivity contribution in [3.05, 3.63) is 32.9 Å². The fourth-order valence-corrected chi connectivity index (χ4v) is 1.68. The van der Waals surface area contributed by atoms with Gasteiger partial charge in [-0.3, -0.25) is 4.79 Å². The van der Waals surface area contributed by atoms with Crippen molar-refractivity contribution in [3.63, 3.8) is 0 Å². The number of benzene rings is 1. The molecule has 0 N–H and O–H groups in total. The number of Topliss-reactive ketones (excluding diaryl/α,β-unsaturated/α-hetero) is 1. The Morgan fingerprint density at radius 2 is 2.00 bits per heavy atom. The first-order valence-corrected chi connectivity index (χ1v) is 4.75. The lowest BCUT2D eigenvalue weighted by molar-refractivity contribution is -0.0885. The normalized spacial score (nSPS) is 10.9. The van der Waals surface area contributed by atoms with Gasteiger partial charge in [-0.2, -0.15) is 18.4 Å². The Hall–Kier alpha value is -1.10. The Morgan fingerprint density at radius 1 is 1.40 bits per heavy atom. The van der Waals surface area contributed by atoms with Crippen LogP contribution < -0.4 is 0 Å². The summed E-state index contributed by atoms with van der Waals surface area (Å²) in [7, 11) is 0. The Kier molecular flexibility index (Phi) is 3.34. The van der Waals surface area contributed by atoms with Gasteiger partial charge in [0.05, 0.1) is 11.6 Å². The molecule has 0 heterocycles. The largest absolute Gasteiger partial charge is 0.454 e. The first-order chi connectivity index (χ1) is 6.86. The maximum atomic E-state index is 12.1. The van der Waals surface area contributed by atoms with E-state index in [4.69, 9.17) is 5.26 Å². The third kappa shape index (κ3) is 2.68. The van der Waals surface area contributed by atoms with Crippen LogP contribution in [0.3, 0.4) is 0 Å². The van der Waals surface area contributed by atoms with Gasteiger partial charge in [-0.15, -0.1) is 0 Å². The van der Waals surface area contributed by atoms with Crippen LogP contribution in [0.1, 0.15) is 15.9 Å². The molecule has 78 valence electrons. The molecule has 0 aliphatic heterocycles. The highest BCUT2D eigenvalue weighted by Gasteiger charge is 2.40. The van der Waals surface area contributed by atoms with E-state index in [1.165, 1.54) is 12.1 Å². The monoisotopic (exact) mass is 325 g/mol. The Balaban J connectivity index is 3.19. The summed E-state index contributed by atoms with van der Waals surface area (Å²) in [6, 6.07) is 5.20. The van der Waals surface area contributed by atoms with Crippen molar-refractivity contribution in [1.29, 1.82) is 5.26 Å². The lowest BCUT2D eigenvalue weighted by atomic mass is 10.1. The molecule has 0 aromatic heterocycles. The zero-order chi connectivity index (χ0) is 11.6. The van der Waals surface area contributed by atoms with E-state index in [9.17, 15) is 18.0 Å². The van der Waals surface area contributed by atoms with Gasteiger partial charge < -0.3 is 0 Å². The summed E-state index contributed by atoms with van der Waals surface area (Å²) in [6.45, 7) is 0. The van der Waals surface area contributed by atoms with E-state index < -0.39 is 17.5 Å². The number of nitrogens with zero attached hydrogens (tertiary/aromatic N) is 1. The number of alkyl halides is 3.